The average molecular weight is 764 g/mol. The van der Waals surface area contributed by atoms with Crippen molar-refractivity contribution in [3.63, 3.8) is 0 Å². The van der Waals surface area contributed by atoms with Gasteiger partial charge in [-0.1, -0.05) is 159 Å². The van der Waals surface area contributed by atoms with Crippen molar-refractivity contribution in [2.75, 3.05) is 0 Å². The highest BCUT2D eigenvalue weighted by molar-refractivity contribution is 6.23. The van der Waals surface area contributed by atoms with E-state index in [2.05, 4.69) is 206 Å². The maximum Gasteiger partial charge on any atom is 0.0575 e. The predicted molar refractivity (Wildman–Crippen MR) is 255 cm³/mol. The van der Waals surface area contributed by atoms with Gasteiger partial charge in [-0.2, -0.15) is 0 Å². The normalized spacial score (nSPS) is 13.8. The number of hydrogen-bond donors (Lipinski definition) is 0. The molecule has 0 spiro atoms. The van der Waals surface area contributed by atoms with Gasteiger partial charge in [0.05, 0.1) is 11.2 Å². The SMILES string of the molecule is CC1(C)c2ccccc2-c2cc3c(-c4ccc5ccccc5c4)c4ccc(-n5c6c(c7ccccc75)CCc5ccccc5-6)cc4c(-c4ccc5ccccc5c4)c3cc21. The minimum absolute atomic E-state index is 0.142. The van der Waals surface area contributed by atoms with Gasteiger partial charge in [-0.25, -0.2) is 0 Å². The third kappa shape index (κ3) is 4.69. The van der Waals surface area contributed by atoms with Crippen LogP contribution in [0.15, 0.2) is 188 Å². The van der Waals surface area contributed by atoms with E-state index in [9.17, 15) is 0 Å². The molecule has 0 aliphatic heterocycles. The van der Waals surface area contributed by atoms with Gasteiger partial charge in [0.1, 0.15) is 0 Å². The van der Waals surface area contributed by atoms with Crippen LogP contribution in [-0.4, -0.2) is 4.57 Å². The predicted octanol–water partition coefficient (Wildman–Crippen LogP) is 15.6. The van der Waals surface area contributed by atoms with Crippen molar-refractivity contribution < 1.29 is 0 Å². The molecule has 0 fully saturated rings. The quantitative estimate of drug-likeness (QED) is 0.158. The monoisotopic (exact) mass is 763 g/mol. The smallest absolute Gasteiger partial charge is 0.0575 e. The number of benzene rings is 10. The Morgan fingerprint density at radius 2 is 1.00 bits per heavy atom. The lowest BCUT2D eigenvalue weighted by Gasteiger charge is -2.24. The van der Waals surface area contributed by atoms with Crippen molar-refractivity contribution in [2.45, 2.75) is 32.1 Å². The molecule has 13 rings (SSSR count). The van der Waals surface area contributed by atoms with E-state index in [1.54, 1.807) is 0 Å². The molecule has 0 saturated heterocycles. The minimum Gasteiger partial charge on any atom is -0.309 e. The molecule has 0 N–H and O–H groups in total. The summed E-state index contributed by atoms with van der Waals surface area (Å²) in [5.74, 6) is 0. The Balaban J connectivity index is 1.21. The number of nitrogens with zero attached hydrogens (tertiary/aromatic N) is 1. The van der Waals surface area contributed by atoms with Crippen LogP contribution in [0.1, 0.15) is 36.1 Å². The van der Waals surface area contributed by atoms with Gasteiger partial charge in [0, 0.05) is 22.1 Å². The topological polar surface area (TPSA) is 4.93 Å². The molecule has 1 aromatic heterocycles. The fraction of sp³-hybridized carbons (Fsp3) is 0.0847. The molecule has 2 aliphatic carbocycles. The van der Waals surface area contributed by atoms with Crippen LogP contribution >= 0.6 is 0 Å². The first-order chi connectivity index (χ1) is 29.5. The second-order valence-corrected chi connectivity index (χ2v) is 17.6. The Morgan fingerprint density at radius 1 is 0.400 bits per heavy atom. The summed E-state index contributed by atoms with van der Waals surface area (Å²) in [4.78, 5) is 0. The molecule has 1 heterocycles. The van der Waals surface area contributed by atoms with Crippen molar-refractivity contribution in [2.24, 2.45) is 0 Å². The number of para-hydroxylation sites is 1. The van der Waals surface area contributed by atoms with E-state index >= 15 is 0 Å². The van der Waals surface area contributed by atoms with Gasteiger partial charge < -0.3 is 4.57 Å². The van der Waals surface area contributed by atoms with Crippen LogP contribution in [0.25, 0.3) is 104 Å². The van der Waals surface area contributed by atoms with E-state index in [-0.39, 0.29) is 5.41 Å². The summed E-state index contributed by atoms with van der Waals surface area (Å²) in [7, 11) is 0. The molecule has 11 aromatic rings. The van der Waals surface area contributed by atoms with E-state index < -0.39 is 0 Å². The number of rotatable bonds is 3. The highest BCUT2D eigenvalue weighted by atomic mass is 15.0. The van der Waals surface area contributed by atoms with Crippen LogP contribution in [0.4, 0.5) is 0 Å². The summed E-state index contributed by atoms with van der Waals surface area (Å²) in [5.41, 5.74) is 18.4. The number of fused-ring (bicyclic) bond motifs is 12. The Labute approximate surface area is 349 Å². The molecule has 1 nitrogen and oxygen atoms in total. The van der Waals surface area contributed by atoms with Gasteiger partial charge >= 0.3 is 0 Å². The zero-order chi connectivity index (χ0) is 39.7. The van der Waals surface area contributed by atoms with E-state index in [1.807, 2.05) is 0 Å². The maximum atomic E-state index is 2.56. The lowest BCUT2D eigenvalue weighted by Crippen LogP contribution is -2.14. The number of aryl methyl sites for hydroxylation is 2. The maximum absolute atomic E-state index is 2.56. The van der Waals surface area contributed by atoms with Crippen molar-refractivity contribution in [1.82, 2.24) is 4.57 Å². The van der Waals surface area contributed by atoms with Crippen molar-refractivity contribution in [1.29, 1.82) is 0 Å². The first kappa shape index (κ1) is 33.7. The fourth-order valence-electron chi connectivity index (χ4n) is 11.2. The largest absolute Gasteiger partial charge is 0.309 e. The van der Waals surface area contributed by atoms with Crippen molar-refractivity contribution in [3.05, 3.63) is 210 Å². The molecule has 60 heavy (non-hydrogen) atoms. The molecule has 282 valence electrons. The van der Waals surface area contributed by atoms with Gasteiger partial charge in [-0.15, -0.1) is 0 Å². The summed E-state index contributed by atoms with van der Waals surface area (Å²) in [6.07, 6.45) is 2.10. The molecular formula is C59H41N. The molecule has 0 unspecified atom stereocenters. The van der Waals surface area contributed by atoms with Crippen LogP contribution < -0.4 is 0 Å². The summed E-state index contributed by atoms with van der Waals surface area (Å²) >= 11 is 0. The molecule has 0 atom stereocenters. The highest BCUT2D eigenvalue weighted by Crippen LogP contribution is 2.54. The number of aromatic nitrogens is 1. The second kappa shape index (κ2) is 12.4. The van der Waals surface area contributed by atoms with Crippen LogP contribution in [-0.2, 0) is 18.3 Å². The van der Waals surface area contributed by atoms with E-state index in [0.29, 0.717) is 0 Å². The Kier molecular flexibility index (Phi) is 6.97. The fourth-order valence-corrected chi connectivity index (χ4v) is 11.2. The van der Waals surface area contributed by atoms with Gasteiger partial charge in [0.15, 0.2) is 0 Å². The van der Waals surface area contributed by atoms with E-state index in [1.165, 1.54) is 127 Å². The minimum atomic E-state index is -0.142. The number of hydrogen-bond acceptors (Lipinski definition) is 0. The van der Waals surface area contributed by atoms with Gasteiger partial charge in [0.25, 0.3) is 0 Å². The summed E-state index contributed by atoms with van der Waals surface area (Å²) in [6.45, 7) is 4.81. The summed E-state index contributed by atoms with van der Waals surface area (Å²) in [5, 5.41) is 11.5. The first-order valence-electron chi connectivity index (χ1n) is 21.4. The molecule has 10 aromatic carbocycles. The summed E-state index contributed by atoms with van der Waals surface area (Å²) in [6, 6.07) is 71.2. The molecule has 0 radical (unpaired) electrons. The van der Waals surface area contributed by atoms with Gasteiger partial charge in [0.2, 0.25) is 0 Å². The molecular weight excluding hydrogens is 723 g/mol. The standard InChI is InChI=1S/C59H41N/c1-59(2)53-21-11-9-19-45(53)49-34-51-52(35-54(49)59)57(42-26-24-37-14-4-6-17-40(37)32-42)50-33-43(28-30-47(50)56(51)41-25-23-36-13-3-5-16-39(36)31-41)60-55-22-12-10-20-46(55)48-29-27-38-15-7-8-18-44(38)58(48)60/h3-26,28,30-35H,27,29H2,1-2H3. The molecule has 1 heteroatoms. The second-order valence-electron chi connectivity index (χ2n) is 17.6. The zero-order valence-electron chi connectivity index (χ0n) is 33.8. The van der Waals surface area contributed by atoms with Gasteiger partial charge in [-0.05, 0) is 154 Å². The van der Waals surface area contributed by atoms with E-state index in [0.717, 1.165) is 12.8 Å². The Hall–Kier alpha value is -7.22. The molecule has 0 amide bonds. The summed E-state index contributed by atoms with van der Waals surface area (Å²) < 4.78 is 2.56. The van der Waals surface area contributed by atoms with Crippen molar-refractivity contribution in [3.8, 4) is 50.3 Å². The molecule has 2 aliphatic rings. The Morgan fingerprint density at radius 3 is 1.77 bits per heavy atom. The van der Waals surface area contributed by atoms with Crippen LogP contribution in [0.2, 0.25) is 0 Å². The average Bonchev–Trinajstić information content (AvgIpc) is 3.75. The third-order valence-electron chi connectivity index (χ3n) is 14.0. The van der Waals surface area contributed by atoms with Crippen molar-refractivity contribution >= 4 is 54.0 Å². The van der Waals surface area contributed by atoms with Crippen LogP contribution in [0.5, 0.6) is 0 Å². The molecule has 0 saturated carbocycles. The third-order valence-corrected chi connectivity index (χ3v) is 14.0. The van der Waals surface area contributed by atoms with Crippen LogP contribution in [0, 0.1) is 0 Å². The highest BCUT2D eigenvalue weighted by Gasteiger charge is 2.36. The first-order valence-corrected chi connectivity index (χ1v) is 21.4. The van der Waals surface area contributed by atoms with Gasteiger partial charge in [-0.3, -0.25) is 0 Å². The van der Waals surface area contributed by atoms with Crippen LogP contribution in [0.3, 0.4) is 0 Å². The lowest BCUT2D eigenvalue weighted by molar-refractivity contribution is 0.661. The lowest BCUT2D eigenvalue weighted by atomic mass is 9.79. The Bertz CT molecular complexity index is 3630. The zero-order valence-corrected chi connectivity index (χ0v) is 33.8. The molecule has 0 bridgehead atoms. The van der Waals surface area contributed by atoms with E-state index in [4.69, 9.17) is 0 Å².